The van der Waals surface area contributed by atoms with Crippen LogP contribution in [0.3, 0.4) is 0 Å². The van der Waals surface area contributed by atoms with Gasteiger partial charge in [-0.2, -0.15) is 0 Å². The Bertz CT molecular complexity index is 1540. The largest absolute Gasteiger partial charge is 0.378 e. The number of rotatable bonds is 11. The van der Waals surface area contributed by atoms with Gasteiger partial charge in [0.05, 0.1) is 16.7 Å². The maximum Gasteiger partial charge on any atom is 0.225 e. The number of amides is 2. The van der Waals surface area contributed by atoms with E-state index < -0.39 is 0 Å². The van der Waals surface area contributed by atoms with E-state index in [0.717, 1.165) is 89.5 Å². The first-order valence-corrected chi connectivity index (χ1v) is 15.9. The van der Waals surface area contributed by atoms with Gasteiger partial charge in [-0.25, -0.2) is 4.98 Å². The van der Waals surface area contributed by atoms with Crippen LogP contribution in [0.2, 0.25) is 0 Å². The van der Waals surface area contributed by atoms with Gasteiger partial charge in [0.25, 0.3) is 0 Å². The number of anilines is 5. The summed E-state index contributed by atoms with van der Waals surface area (Å²) >= 11 is 0. The third kappa shape index (κ3) is 8.22. The van der Waals surface area contributed by atoms with Crippen LogP contribution < -0.4 is 20.9 Å². The highest BCUT2D eigenvalue weighted by Gasteiger charge is 2.16. The van der Waals surface area contributed by atoms with Crippen molar-refractivity contribution in [2.45, 2.75) is 38.5 Å². The Labute approximate surface area is 271 Å². The van der Waals surface area contributed by atoms with Gasteiger partial charge in [0.15, 0.2) is 0 Å². The van der Waals surface area contributed by atoms with E-state index in [2.05, 4.69) is 54.9 Å². The molecule has 45 heavy (non-hydrogen) atoms. The van der Waals surface area contributed by atoms with Crippen LogP contribution in [0, 0.1) is 0 Å². The average molecular weight is 630 g/mol. The molecule has 10 heteroatoms. The Morgan fingerprint density at radius 1 is 0.689 bits per heavy atom. The predicted molar refractivity (Wildman–Crippen MR) is 188 cm³/mol. The highest BCUT2D eigenvalue weighted by atomic mass is 35.5. The topological polar surface area (TPSA) is 92.8 Å². The summed E-state index contributed by atoms with van der Waals surface area (Å²) in [6, 6.07) is 20.1. The van der Waals surface area contributed by atoms with Crippen molar-refractivity contribution in [3.63, 3.8) is 0 Å². The second-order valence-electron chi connectivity index (χ2n) is 12.2. The van der Waals surface area contributed by atoms with Crippen molar-refractivity contribution in [2.75, 3.05) is 74.2 Å². The van der Waals surface area contributed by atoms with Crippen molar-refractivity contribution in [1.82, 2.24) is 14.8 Å². The lowest BCUT2D eigenvalue weighted by atomic mass is 10.1. The maximum absolute atomic E-state index is 12.8. The molecule has 0 saturated carbocycles. The summed E-state index contributed by atoms with van der Waals surface area (Å²) in [5.41, 5.74) is 5.99. The molecule has 2 saturated heterocycles. The SMILES string of the molecule is CN(C)c1ccc(Nc2c3ccc(NC(=O)CCN4CCCC4)cc3nc3cc(NC(=O)CCN4CCCC4)ccc23)cc1.Cl. The van der Waals surface area contributed by atoms with Crippen LogP contribution in [-0.4, -0.2) is 80.0 Å². The average Bonchev–Trinajstić information content (AvgIpc) is 3.74. The summed E-state index contributed by atoms with van der Waals surface area (Å²) in [5.74, 6) is 0.0191. The van der Waals surface area contributed by atoms with Crippen LogP contribution in [0.5, 0.6) is 0 Å². The Balaban J connectivity index is 0.00000400. The normalized spacial score (nSPS) is 15.2. The van der Waals surface area contributed by atoms with Crippen molar-refractivity contribution >= 4 is 74.5 Å². The second-order valence-corrected chi connectivity index (χ2v) is 12.2. The second kappa shape index (κ2) is 14.9. The number of carbonyl (C=O) groups is 2. The summed E-state index contributed by atoms with van der Waals surface area (Å²) in [4.78, 5) is 37.3. The zero-order valence-corrected chi connectivity index (χ0v) is 27.1. The van der Waals surface area contributed by atoms with Crippen molar-refractivity contribution in [1.29, 1.82) is 0 Å². The minimum Gasteiger partial charge on any atom is -0.378 e. The molecule has 238 valence electrons. The van der Waals surface area contributed by atoms with Crippen molar-refractivity contribution in [2.24, 2.45) is 0 Å². The van der Waals surface area contributed by atoms with Crippen LogP contribution in [0.4, 0.5) is 28.4 Å². The fraction of sp³-hybridized carbons (Fsp3) is 0.400. The monoisotopic (exact) mass is 629 g/mol. The van der Waals surface area contributed by atoms with E-state index in [1.807, 2.05) is 50.5 Å². The Hall–Kier alpha value is -3.92. The Kier molecular flexibility index (Phi) is 10.8. The Morgan fingerprint density at radius 3 is 1.58 bits per heavy atom. The highest BCUT2D eigenvalue weighted by Crippen LogP contribution is 2.36. The molecule has 6 rings (SSSR count). The molecule has 0 unspecified atom stereocenters. The smallest absolute Gasteiger partial charge is 0.225 e. The van der Waals surface area contributed by atoms with Gasteiger partial charge < -0.3 is 30.7 Å². The molecule has 4 aromatic rings. The molecule has 0 bridgehead atoms. The molecule has 2 aliphatic heterocycles. The zero-order chi connectivity index (χ0) is 30.5. The fourth-order valence-corrected chi connectivity index (χ4v) is 6.20. The molecular formula is C35H44ClN7O2. The lowest BCUT2D eigenvalue weighted by Gasteiger charge is -2.17. The predicted octanol–water partition coefficient (Wildman–Crippen LogP) is 6.47. The van der Waals surface area contributed by atoms with E-state index >= 15 is 0 Å². The number of fused-ring (bicyclic) bond motifs is 2. The van der Waals surface area contributed by atoms with Gasteiger partial charge in [0, 0.05) is 73.5 Å². The molecule has 0 atom stereocenters. The highest BCUT2D eigenvalue weighted by molar-refractivity contribution is 6.10. The van der Waals surface area contributed by atoms with E-state index in [-0.39, 0.29) is 24.2 Å². The quantitative estimate of drug-likeness (QED) is 0.164. The van der Waals surface area contributed by atoms with Crippen molar-refractivity contribution in [3.05, 3.63) is 60.7 Å². The van der Waals surface area contributed by atoms with Crippen LogP contribution in [0.15, 0.2) is 60.7 Å². The Morgan fingerprint density at radius 2 is 1.13 bits per heavy atom. The van der Waals surface area contributed by atoms with Crippen molar-refractivity contribution < 1.29 is 9.59 Å². The number of likely N-dealkylation sites (tertiary alicyclic amines) is 2. The molecule has 2 fully saturated rings. The van der Waals surface area contributed by atoms with Crippen LogP contribution in [0.25, 0.3) is 21.8 Å². The van der Waals surface area contributed by atoms with E-state index in [9.17, 15) is 9.59 Å². The zero-order valence-electron chi connectivity index (χ0n) is 26.3. The molecule has 3 heterocycles. The molecule has 0 radical (unpaired) electrons. The molecule has 0 spiro atoms. The van der Waals surface area contributed by atoms with Gasteiger partial charge in [0.2, 0.25) is 11.8 Å². The van der Waals surface area contributed by atoms with Crippen molar-refractivity contribution in [3.8, 4) is 0 Å². The first-order chi connectivity index (χ1) is 21.4. The van der Waals surface area contributed by atoms with E-state index in [1.54, 1.807) is 0 Å². The van der Waals surface area contributed by atoms with Crippen LogP contribution in [0.1, 0.15) is 38.5 Å². The number of carbonyl (C=O) groups excluding carboxylic acids is 2. The summed E-state index contributed by atoms with van der Waals surface area (Å²) < 4.78 is 0. The number of pyridine rings is 1. The standard InChI is InChI=1S/C35H43N7O2.ClH/c1-40(2)28-11-7-25(8-12-28)38-35-29-13-9-26(36-33(43)15-21-41-17-3-4-18-41)23-31(29)39-32-24-27(10-14-30(32)35)37-34(44)16-22-42-19-5-6-20-42;/h7-14,23-24H,3-6,15-22H2,1-2H3,(H,36,43)(H,37,44)(H,38,39);1H. The molecule has 3 N–H and O–H groups in total. The first-order valence-electron chi connectivity index (χ1n) is 15.9. The third-order valence-corrected chi connectivity index (χ3v) is 8.70. The maximum atomic E-state index is 12.8. The van der Waals surface area contributed by atoms with Gasteiger partial charge in [-0.1, -0.05) is 0 Å². The molecule has 9 nitrogen and oxygen atoms in total. The van der Waals surface area contributed by atoms with E-state index in [4.69, 9.17) is 4.98 Å². The molecule has 3 aromatic carbocycles. The minimum absolute atomic E-state index is 0. The summed E-state index contributed by atoms with van der Waals surface area (Å²) in [6.45, 7) is 5.89. The number of halogens is 1. The fourth-order valence-electron chi connectivity index (χ4n) is 6.20. The lowest BCUT2D eigenvalue weighted by Crippen LogP contribution is -2.25. The number of hydrogen-bond acceptors (Lipinski definition) is 7. The van der Waals surface area contributed by atoms with Gasteiger partial charge in [-0.15, -0.1) is 12.4 Å². The van der Waals surface area contributed by atoms with Crippen LogP contribution >= 0.6 is 12.4 Å². The summed E-state index contributed by atoms with van der Waals surface area (Å²) in [7, 11) is 4.05. The molecule has 1 aromatic heterocycles. The number of nitrogens with one attached hydrogen (secondary N) is 3. The molecule has 2 aliphatic rings. The minimum atomic E-state index is 0. The summed E-state index contributed by atoms with van der Waals surface area (Å²) in [5, 5.41) is 11.7. The van der Waals surface area contributed by atoms with E-state index in [1.165, 1.54) is 25.7 Å². The van der Waals surface area contributed by atoms with Gasteiger partial charge >= 0.3 is 0 Å². The van der Waals surface area contributed by atoms with Gasteiger partial charge in [-0.3, -0.25) is 9.59 Å². The number of nitrogens with zero attached hydrogens (tertiary/aromatic N) is 4. The molecule has 0 aliphatic carbocycles. The number of aromatic nitrogens is 1. The summed E-state index contributed by atoms with van der Waals surface area (Å²) in [6.07, 6.45) is 5.80. The number of benzene rings is 3. The van der Waals surface area contributed by atoms with E-state index in [0.29, 0.717) is 12.8 Å². The first kappa shape index (κ1) is 32.5. The molecular weight excluding hydrogens is 586 g/mol. The third-order valence-electron chi connectivity index (χ3n) is 8.70. The van der Waals surface area contributed by atoms with Gasteiger partial charge in [0.1, 0.15) is 0 Å². The van der Waals surface area contributed by atoms with Crippen LogP contribution in [-0.2, 0) is 9.59 Å². The molecule has 2 amide bonds. The lowest BCUT2D eigenvalue weighted by molar-refractivity contribution is -0.117. The van der Waals surface area contributed by atoms with Gasteiger partial charge in [-0.05, 0) is 113 Å². The number of hydrogen-bond donors (Lipinski definition) is 3.